The van der Waals surface area contributed by atoms with Crippen LogP contribution in [0.4, 0.5) is 0 Å². The molecule has 2 nitrogen and oxygen atoms in total. The second kappa shape index (κ2) is 6.70. The standard InChI is InChI=1S/C27H40O2Si/c1-26(2,3)30(5,6)29-19-9-10-20-18(15-19)16-22(17-7-8-17)25-21(20)13-14-27(4)23(25)11-12-24(27)28/h9-10,15,17,21-23,25H,7-8,11-14,16H2,1-6H3/t21-,22+,23+,25+,27+/m1/s1. The fourth-order valence-electron chi connectivity index (χ4n) is 6.95. The Bertz CT molecular complexity index is 862. The largest absolute Gasteiger partial charge is 0.543 e. The van der Waals surface area contributed by atoms with Crippen molar-refractivity contribution in [2.45, 2.75) is 96.7 Å². The van der Waals surface area contributed by atoms with Crippen LogP contribution in [0, 0.1) is 29.1 Å². The van der Waals surface area contributed by atoms with Crippen molar-refractivity contribution in [1.29, 1.82) is 0 Å². The molecule has 0 saturated heterocycles. The number of carbonyl (C=O) groups is 1. The van der Waals surface area contributed by atoms with Gasteiger partial charge in [-0.05, 0) is 110 Å². The Morgan fingerprint density at radius 1 is 1.10 bits per heavy atom. The Labute approximate surface area is 184 Å². The van der Waals surface area contributed by atoms with Crippen LogP contribution in [0.1, 0.15) is 83.3 Å². The Kier molecular flexibility index (Phi) is 4.64. The van der Waals surface area contributed by atoms with Gasteiger partial charge >= 0.3 is 0 Å². The number of ketones is 1. The molecule has 30 heavy (non-hydrogen) atoms. The first-order valence-corrected chi connectivity index (χ1v) is 15.3. The van der Waals surface area contributed by atoms with Crippen LogP contribution in [-0.2, 0) is 11.2 Å². The molecule has 3 heteroatoms. The third-order valence-corrected chi connectivity index (χ3v) is 14.3. The van der Waals surface area contributed by atoms with Gasteiger partial charge in [0.2, 0.25) is 8.32 Å². The molecule has 0 bridgehead atoms. The minimum Gasteiger partial charge on any atom is -0.543 e. The zero-order valence-corrected chi connectivity index (χ0v) is 20.9. The smallest absolute Gasteiger partial charge is 0.250 e. The molecule has 0 N–H and O–H groups in total. The number of benzene rings is 1. The molecule has 1 aromatic carbocycles. The Morgan fingerprint density at radius 3 is 2.50 bits per heavy atom. The first-order chi connectivity index (χ1) is 14.0. The Hall–Kier alpha value is -1.09. The van der Waals surface area contributed by atoms with Crippen LogP contribution in [-0.4, -0.2) is 14.1 Å². The molecule has 3 saturated carbocycles. The van der Waals surface area contributed by atoms with Crippen LogP contribution in [0.3, 0.4) is 0 Å². The fourth-order valence-corrected chi connectivity index (χ4v) is 7.98. The van der Waals surface area contributed by atoms with E-state index in [0.29, 0.717) is 17.6 Å². The van der Waals surface area contributed by atoms with Gasteiger partial charge in [-0.2, -0.15) is 0 Å². The maximum absolute atomic E-state index is 12.8. The molecule has 0 amide bonds. The van der Waals surface area contributed by atoms with E-state index in [0.717, 1.165) is 42.8 Å². The number of fused-ring (bicyclic) bond motifs is 5. The zero-order valence-electron chi connectivity index (χ0n) is 19.9. The molecule has 3 fully saturated rings. The molecule has 0 spiro atoms. The molecular weight excluding hydrogens is 384 g/mol. The molecule has 0 aromatic heterocycles. The topological polar surface area (TPSA) is 26.3 Å². The molecule has 0 radical (unpaired) electrons. The summed E-state index contributed by atoms with van der Waals surface area (Å²) in [5.74, 6) is 5.32. The monoisotopic (exact) mass is 424 g/mol. The summed E-state index contributed by atoms with van der Waals surface area (Å²) in [6.07, 6.45) is 8.27. The molecule has 1 aromatic rings. The first-order valence-electron chi connectivity index (χ1n) is 12.4. The van der Waals surface area contributed by atoms with Crippen molar-refractivity contribution in [3.8, 4) is 5.75 Å². The highest BCUT2D eigenvalue weighted by molar-refractivity contribution is 6.74. The molecule has 164 valence electrons. The Morgan fingerprint density at radius 2 is 1.83 bits per heavy atom. The summed E-state index contributed by atoms with van der Waals surface area (Å²) in [4.78, 5) is 12.8. The van der Waals surface area contributed by atoms with Gasteiger partial charge in [-0.1, -0.05) is 33.8 Å². The number of Topliss-reactive ketones (excluding diaryl/α,β-unsaturated/α-hetero) is 1. The van der Waals surface area contributed by atoms with Gasteiger partial charge in [0.1, 0.15) is 11.5 Å². The predicted molar refractivity (Wildman–Crippen MR) is 125 cm³/mol. The van der Waals surface area contributed by atoms with E-state index < -0.39 is 8.32 Å². The van der Waals surface area contributed by atoms with Crippen molar-refractivity contribution in [2.24, 2.45) is 29.1 Å². The van der Waals surface area contributed by atoms with Crippen molar-refractivity contribution in [1.82, 2.24) is 0 Å². The molecule has 5 atom stereocenters. The van der Waals surface area contributed by atoms with E-state index in [4.69, 9.17) is 4.43 Å². The number of hydrogen-bond acceptors (Lipinski definition) is 2. The summed E-state index contributed by atoms with van der Waals surface area (Å²) in [6.45, 7) is 13.9. The lowest BCUT2D eigenvalue weighted by Crippen LogP contribution is -2.46. The zero-order chi connectivity index (χ0) is 21.5. The second-order valence-electron chi connectivity index (χ2n) is 12.6. The van der Waals surface area contributed by atoms with Gasteiger partial charge in [-0.25, -0.2) is 0 Å². The molecule has 0 unspecified atom stereocenters. The SMILES string of the molecule is CC(C)(C)[Si](C)(C)Oc1ccc2c(c1)C[C@@H](C1CC1)[C@@H]1[C@@H]2CC[C@]2(C)C(=O)CC[C@@H]12. The van der Waals surface area contributed by atoms with Crippen LogP contribution in [0.25, 0.3) is 0 Å². The number of carbonyl (C=O) groups excluding carboxylic acids is 1. The van der Waals surface area contributed by atoms with Gasteiger partial charge in [0.25, 0.3) is 0 Å². The maximum Gasteiger partial charge on any atom is 0.250 e. The quantitative estimate of drug-likeness (QED) is 0.482. The lowest BCUT2D eigenvalue weighted by atomic mass is 9.52. The highest BCUT2D eigenvalue weighted by Crippen LogP contribution is 2.64. The lowest BCUT2D eigenvalue weighted by molar-refractivity contribution is -0.130. The summed E-state index contributed by atoms with van der Waals surface area (Å²) in [7, 11) is -1.82. The van der Waals surface area contributed by atoms with Gasteiger partial charge < -0.3 is 4.43 Å². The average molecular weight is 425 g/mol. The highest BCUT2D eigenvalue weighted by atomic mass is 28.4. The van der Waals surface area contributed by atoms with E-state index in [1.54, 1.807) is 11.1 Å². The van der Waals surface area contributed by atoms with Crippen molar-refractivity contribution in [2.75, 3.05) is 0 Å². The number of hydrogen-bond donors (Lipinski definition) is 0. The van der Waals surface area contributed by atoms with E-state index in [-0.39, 0.29) is 10.5 Å². The van der Waals surface area contributed by atoms with E-state index in [1.165, 1.54) is 25.7 Å². The third-order valence-electron chi connectivity index (χ3n) is 9.91. The minimum absolute atomic E-state index is 0.0306. The molecule has 4 aliphatic rings. The lowest BCUT2D eigenvalue weighted by Gasteiger charge is -2.52. The van der Waals surface area contributed by atoms with E-state index >= 15 is 0 Å². The summed E-state index contributed by atoms with van der Waals surface area (Å²) >= 11 is 0. The molecule has 0 aliphatic heterocycles. The van der Waals surface area contributed by atoms with Gasteiger partial charge in [-0.15, -0.1) is 0 Å². The number of rotatable bonds is 3. The van der Waals surface area contributed by atoms with Gasteiger partial charge in [0.15, 0.2) is 0 Å². The highest BCUT2D eigenvalue weighted by Gasteiger charge is 2.58. The van der Waals surface area contributed by atoms with Crippen LogP contribution < -0.4 is 4.43 Å². The maximum atomic E-state index is 12.8. The van der Waals surface area contributed by atoms with Crippen LogP contribution in [0.2, 0.25) is 18.1 Å². The van der Waals surface area contributed by atoms with Gasteiger partial charge in [-0.3, -0.25) is 4.79 Å². The predicted octanol–water partition coefficient (Wildman–Crippen LogP) is 7.13. The average Bonchev–Trinajstić information content (AvgIpc) is 3.45. The van der Waals surface area contributed by atoms with Crippen LogP contribution in [0.15, 0.2) is 18.2 Å². The van der Waals surface area contributed by atoms with Crippen molar-refractivity contribution < 1.29 is 9.22 Å². The van der Waals surface area contributed by atoms with Crippen molar-refractivity contribution in [3.63, 3.8) is 0 Å². The molecule has 4 aliphatic carbocycles. The summed E-state index contributed by atoms with van der Waals surface area (Å²) in [5.41, 5.74) is 3.11. The third kappa shape index (κ3) is 3.13. The Balaban J connectivity index is 1.49. The van der Waals surface area contributed by atoms with Gasteiger partial charge in [0, 0.05) is 11.8 Å². The van der Waals surface area contributed by atoms with Crippen LogP contribution in [0.5, 0.6) is 5.75 Å². The normalized spacial score (nSPS) is 36.1. The summed E-state index contributed by atoms with van der Waals surface area (Å²) in [5, 5.41) is 0.216. The van der Waals surface area contributed by atoms with E-state index in [2.05, 4.69) is 59.0 Å². The summed E-state index contributed by atoms with van der Waals surface area (Å²) < 4.78 is 6.67. The van der Waals surface area contributed by atoms with Gasteiger partial charge in [0.05, 0.1) is 0 Å². The summed E-state index contributed by atoms with van der Waals surface area (Å²) in [6, 6.07) is 7.05. The van der Waals surface area contributed by atoms with E-state index in [1.807, 2.05) is 0 Å². The van der Waals surface area contributed by atoms with Crippen LogP contribution >= 0.6 is 0 Å². The van der Waals surface area contributed by atoms with Crippen molar-refractivity contribution in [3.05, 3.63) is 29.3 Å². The molecule has 0 heterocycles. The molecular formula is C27H40O2Si. The fraction of sp³-hybridized carbons (Fsp3) is 0.741. The van der Waals surface area contributed by atoms with E-state index in [9.17, 15) is 4.79 Å². The second-order valence-corrected chi connectivity index (χ2v) is 17.4. The van der Waals surface area contributed by atoms with Crippen molar-refractivity contribution >= 4 is 14.1 Å². The molecule has 5 rings (SSSR count). The first kappa shape index (κ1) is 20.8. The minimum atomic E-state index is -1.82.